The van der Waals surface area contributed by atoms with Crippen LogP contribution in [0.3, 0.4) is 0 Å². The zero-order valence-electron chi connectivity index (χ0n) is 17.9. The van der Waals surface area contributed by atoms with Gasteiger partial charge in [0.05, 0.1) is 5.54 Å². The van der Waals surface area contributed by atoms with Crippen molar-refractivity contribution in [1.29, 1.82) is 0 Å². The van der Waals surface area contributed by atoms with Gasteiger partial charge in [-0.25, -0.2) is 0 Å². The predicted molar refractivity (Wildman–Crippen MR) is 112 cm³/mol. The quantitative estimate of drug-likeness (QED) is 0.231. The zero-order valence-corrected chi connectivity index (χ0v) is 17.9. The summed E-state index contributed by atoms with van der Waals surface area (Å²) in [6.45, 7) is 4.22. The number of Topliss-reactive ketones (excluding diaryl/α,β-unsaturated/α-hetero) is 1. The fourth-order valence-corrected chi connectivity index (χ4v) is 3.55. The number of hydrogen-bond acceptors (Lipinski definition) is 5. The van der Waals surface area contributed by atoms with Gasteiger partial charge in [-0.1, -0.05) is 90.9 Å². The van der Waals surface area contributed by atoms with E-state index in [1.54, 1.807) is 0 Å². The molecule has 0 aliphatic carbocycles. The Balaban J connectivity index is 3.89. The highest BCUT2D eigenvalue weighted by molar-refractivity contribution is 5.88. The molecule has 5 heteroatoms. The van der Waals surface area contributed by atoms with Gasteiger partial charge in [-0.05, 0) is 19.3 Å². The molecule has 0 aromatic rings. The second-order valence-corrected chi connectivity index (χ2v) is 7.96. The summed E-state index contributed by atoms with van der Waals surface area (Å²) >= 11 is 0. The Morgan fingerprint density at radius 3 is 1.63 bits per heavy atom. The first-order valence-corrected chi connectivity index (χ1v) is 11.2. The summed E-state index contributed by atoms with van der Waals surface area (Å²) in [5.41, 5.74) is 5.45. The van der Waals surface area contributed by atoms with Gasteiger partial charge in [-0.3, -0.25) is 9.59 Å². The topological polar surface area (TPSA) is 95.4 Å². The van der Waals surface area contributed by atoms with Crippen molar-refractivity contribution in [3.63, 3.8) is 0 Å². The lowest BCUT2D eigenvalue weighted by atomic mass is 9.82. The molecule has 0 aromatic carbocycles. The molecule has 0 saturated carbocycles. The van der Waals surface area contributed by atoms with Crippen LogP contribution in [0.4, 0.5) is 0 Å². The van der Waals surface area contributed by atoms with Crippen molar-refractivity contribution in [1.82, 2.24) is 0 Å². The molecule has 0 rings (SSSR count). The summed E-state index contributed by atoms with van der Waals surface area (Å²) < 4.78 is 0. The summed E-state index contributed by atoms with van der Waals surface area (Å²) in [6, 6.07) is 0. The van der Waals surface area contributed by atoms with E-state index in [4.69, 9.17) is 11.6 Å². The van der Waals surface area contributed by atoms with Crippen LogP contribution in [-0.2, 0) is 14.4 Å². The maximum atomic E-state index is 12.4. The van der Waals surface area contributed by atoms with Gasteiger partial charge in [0, 0.05) is 12.8 Å². The highest BCUT2D eigenvalue weighted by atomic mass is 16.7. The molecule has 4 N–H and O–H groups in total. The van der Waals surface area contributed by atoms with Crippen LogP contribution in [-0.4, -0.2) is 17.3 Å². The standard InChI is InChI=1S/C22H44N2O3/c1-3-5-6-7-8-9-10-11-12-13-14-15-18-22(23,20(25)16-4-2)19-17-21(26)27-24/h3-19,23-24H2,1-2H3. The fraction of sp³-hybridized carbons (Fsp3) is 0.909. The van der Waals surface area contributed by atoms with Gasteiger partial charge in [0.15, 0.2) is 5.78 Å². The first-order valence-electron chi connectivity index (χ1n) is 11.2. The summed E-state index contributed by atoms with van der Waals surface area (Å²) in [6.07, 6.45) is 17.6. The van der Waals surface area contributed by atoms with E-state index in [0.717, 1.165) is 19.3 Å². The summed E-state index contributed by atoms with van der Waals surface area (Å²) in [5, 5.41) is 0. The highest BCUT2D eigenvalue weighted by Crippen LogP contribution is 2.23. The van der Waals surface area contributed by atoms with E-state index in [2.05, 4.69) is 11.8 Å². The van der Waals surface area contributed by atoms with E-state index in [-0.39, 0.29) is 12.2 Å². The largest absolute Gasteiger partial charge is 0.373 e. The third-order valence-corrected chi connectivity index (χ3v) is 5.42. The fourth-order valence-electron chi connectivity index (χ4n) is 3.55. The Hall–Kier alpha value is -0.940. The number of hydrogen-bond donors (Lipinski definition) is 2. The SMILES string of the molecule is CCCCCCCCCCCCCCC(N)(CCC(=O)ON)C(=O)CCC. The minimum Gasteiger partial charge on any atom is -0.373 e. The molecular weight excluding hydrogens is 340 g/mol. The summed E-state index contributed by atoms with van der Waals surface area (Å²) in [5.74, 6) is 4.42. The van der Waals surface area contributed by atoms with Crippen LogP contribution in [0.5, 0.6) is 0 Å². The van der Waals surface area contributed by atoms with E-state index < -0.39 is 11.5 Å². The Morgan fingerprint density at radius 1 is 0.704 bits per heavy atom. The second kappa shape index (κ2) is 17.2. The number of carbonyl (C=O) groups is 2. The molecule has 1 unspecified atom stereocenters. The Morgan fingerprint density at radius 2 is 1.19 bits per heavy atom. The molecule has 5 nitrogen and oxygen atoms in total. The maximum absolute atomic E-state index is 12.4. The molecule has 0 aromatic heterocycles. The average molecular weight is 385 g/mol. The first-order chi connectivity index (χ1) is 13.0. The molecule has 1 atom stereocenters. The van der Waals surface area contributed by atoms with Gasteiger partial charge in [0.1, 0.15) is 0 Å². The minimum absolute atomic E-state index is 0.0536. The van der Waals surface area contributed by atoms with E-state index in [9.17, 15) is 9.59 Å². The van der Waals surface area contributed by atoms with E-state index in [0.29, 0.717) is 19.3 Å². The summed E-state index contributed by atoms with van der Waals surface area (Å²) in [7, 11) is 0. The van der Waals surface area contributed by atoms with Crippen LogP contribution in [0.1, 0.15) is 123 Å². The van der Waals surface area contributed by atoms with Crippen molar-refractivity contribution in [3.05, 3.63) is 0 Å². The normalized spacial score (nSPS) is 13.3. The number of rotatable bonds is 19. The van der Waals surface area contributed by atoms with Crippen LogP contribution >= 0.6 is 0 Å². The Labute approximate surface area is 166 Å². The van der Waals surface area contributed by atoms with Crippen LogP contribution < -0.4 is 11.6 Å². The third kappa shape index (κ3) is 13.8. The molecule has 0 amide bonds. The van der Waals surface area contributed by atoms with E-state index >= 15 is 0 Å². The van der Waals surface area contributed by atoms with Crippen molar-refractivity contribution in [2.75, 3.05) is 0 Å². The van der Waals surface area contributed by atoms with Crippen molar-refractivity contribution in [2.24, 2.45) is 11.6 Å². The van der Waals surface area contributed by atoms with Crippen LogP contribution in [0, 0.1) is 0 Å². The van der Waals surface area contributed by atoms with E-state index in [1.807, 2.05) is 6.92 Å². The second-order valence-electron chi connectivity index (χ2n) is 7.96. The van der Waals surface area contributed by atoms with E-state index in [1.165, 1.54) is 64.2 Å². The lowest BCUT2D eigenvalue weighted by Crippen LogP contribution is -2.48. The molecule has 0 radical (unpaired) electrons. The highest BCUT2D eigenvalue weighted by Gasteiger charge is 2.32. The summed E-state index contributed by atoms with van der Waals surface area (Å²) in [4.78, 5) is 27.9. The molecule has 0 spiro atoms. The van der Waals surface area contributed by atoms with Crippen molar-refractivity contribution in [2.45, 2.75) is 129 Å². The zero-order chi connectivity index (χ0) is 20.4. The Kier molecular flexibility index (Phi) is 16.6. The van der Waals surface area contributed by atoms with Gasteiger partial charge < -0.3 is 10.6 Å². The number of ketones is 1. The molecule has 0 bridgehead atoms. The monoisotopic (exact) mass is 384 g/mol. The Bertz CT molecular complexity index is 388. The van der Waals surface area contributed by atoms with Crippen molar-refractivity contribution in [3.8, 4) is 0 Å². The molecule has 0 heterocycles. The van der Waals surface area contributed by atoms with Crippen molar-refractivity contribution < 1.29 is 14.4 Å². The third-order valence-electron chi connectivity index (χ3n) is 5.42. The molecule has 0 aliphatic rings. The minimum atomic E-state index is -0.914. The molecule has 0 fully saturated rings. The van der Waals surface area contributed by atoms with Gasteiger partial charge in [-0.15, -0.1) is 0 Å². The van der Waals surface area contributed by atoms with Crippen LogP contribution in [0.25, 0.3) is 0 Å². The van der Waals surface area contributed by atoms with Gasteiger partial charge in [-0.2, -0.15) is 5.90 Å². The predicted octanol–water partition coefficient (Wildman–Crippen LogP) is 5.34. The average Bonchev–Trinajstić information content (AvgIpc) is 2.67. The maximum Gasteiger partial charge on any atom is 0.324 e. The van der Waals surface area contributed by atoms with Gasteiger partial charge in [0.2, 0.25) is 0 Å². The van der Waals surface area contributed by atoms with Gasteiger partial charge in [0.25, 0.3) is 0 Å². The van der Waals surface area contributed by atoms with Crippen molar-refractivity contribution >= 4 is 11.8 Å². The van der Waals surface area contributed by atoms with Crippen LogP contribution in [0.2, 0.25) is 0 Å². The molecule has 0 saturated heterocycles. The molecule has 27 heavy (non-hydrogen) atoms. The van der Waals surface area contributed by atoms with Crippen LogP contribution in [0.15, 0.2) is 0 Å². The number of unbranched alkanes of at least 4 members (excludes halogenated alkanes) is 11. The smallest absolute Gasteiger partial charge is 0.324 e. The number of nitrogens with two attached hydrogens (primary N) is 2. The lowest BCUT2D eigenvalue weighted by molar-refractivity contribution is -0.144. The van der Waals surface area contributed by atoms with Gasteiger partial charge >= 0.3 is 5.97 Å². The number of carbonyl (C=O) groups excluding carboxylic acids is 2. The molecule has 0 aliphatic heterocycles. The molecular formula is C22H44N2O3. The molecule has 160 valence electrons. The lowest BCUT2D eigenvalue weighted by Gasteiger charge is -2.27. The first kappa shape index (κ1) is 26.1.